The highest BCUT2D eigenvalue weighted by Crippen LogP contribution is 2.40. The summed E-state index contributed by atoms with van der Waals surface area (Å²) in [5.74, 6) is -22.7. The zero-order valence-electron chi connectivity index (χ0n) is 23.4. The highest BCUT2D eigenvalue weighted by atomic mass is 19.2. The molecule has 8 rings (SSSR count). The SMILES string of the molecule is Fc1cc2c3[nH]c(c2cc1F)Nc1[nH]c(c2cc(F)c(F)cc12)N=c1c2cc(F)c(F)cc2c(n1[B]Oc1c(F)c(F)c(F)c(F)c1F)=N3. The maximum absolute atomic E-state index is 14.7. The number of halogens is 11. The lowest BCUT2D eigenvalue weighted by Gasteiger charge is -2.10. The lowest BCUT2D eigenvalue weighted by atomic mass is 10.1. The third-order valence-electron chi connectivity index (χ3n) is 7.79. The highest BCUT2D eigenvalue weighted by molar-refractivity contribution is 6.27. The van der Waals surface area contributed by atoms with Crippen LogP contribution in [0.1, 0.15) is 0 Å². The average molecular weight is 689 g/mol. The standard InChI is InChI=1S/C30H9BF11N6O/c32-13-1-7-9(3-15(13)34)27-44-25(7)43-26-8-2-14(33)16(35)4-10(8)28(45-26)47-30-12-6-18(37)17(36)5-11(12)29(46-27)48(30)31-49-24-22(41)20(39)19(38)21(40)23(24)42/h1-6,43-45H. The van der Waals surface area contributed by atoms with Gasteiger partial charge in [-0.1, -0.05) is 0 Å². The Labute approximate surface area is 263 Å². The number of H-pyrrole nitrogens is 2. The zero-order chi connectivity index (χ0) is 34.6. The molecule has 0 saturated heterocycles. The molecule has 7 nitrogen and oxygen atoms in total. The van der Waals surface area contributed by atoms with Crippen molar-refractivity contribution in [2.24, 2.45) is 9.98 Å². The molecule has 0 saturated carbocycles. The van der Waals surface area contributed by atoms with Crippen molar-refractivity contribution in [3.63, 3.8) is 0 Å². The first-order valence-electron chi connectivity index (χ1n) is 13.6. The zero-order valence-corrected chi connectivity index (χ0v) is 23.4. The summed E-state index contributed by atoms with van der Waals surface area (Å²) in [5.41, 5.74) is -1.02. The molecule has 0 aliphatic carbocycles. The van der Waals surface area contributed by atoms with Crippen molar-refractivity contribution in [2.45, 2.75) is 0 Å². The molecular formula is C30H9BF11N6O. The minimum Gasteiger partial charge on any atom is -0.538 e. The maximum atomic E-state index is 14.7. The molecule has 0 spiro atoms. The van der Waals surface area contributed by atoms with Crippen LogP contribution >= 0.6 is 0 Å². The van der Waals surface area contributed by atoms with E-state index in [9.17, 15) is 48.3 Å². The summed E-state index contributed by atoms with van der Waals surface area (Å²) in [6.45, 7) is 0. The summed E-state index contributed by atoms with van der Waals surface area (Å²) in [7, 11) is 0.356. The van der Waals surface area contributed by atoms with Gasteiger partial charge >= 0.3 is 7.62 Å². The summed E-state index contributed by atoms with van der Waals surface area (Å²) in [4.78, 5) is 14.2. The van der Waals surface area contributed by atoms with Gasteiger partial charge in [0.1, 0.15) is 34.2 Å². The Hall–Kier alpha value is -6.01. The van der Waals surface area contributed by atoms with E-state index in [0.29, 0.717) is 24.2 Å². The van der Waals surface area contributed by atoms with Crippen LogP contribution < -0.4 is 20.9 Å². The molecule has 0 amide bonds. The van der Waals surface area contributed by atoms with E-state index in [2.05, 4.69) is 25.3 Å². The van der Waals surface area contributed by atoms with Gasteiger partial charge in [0.2, 0.25) is 29.1 Å². The van der Waals surface area contributed by atoms with Crippen LogP contribution in [0.25, 0.3) is 32.3 Å². The molecule has 0 atom stereocenters. The first-order valence-corrected chi connectivity index (χ1v) is 13.6. The second-order valence-electron chi connectivity index (χ2n) is 10.6. The quantitative estimate of drug-likeness (QED) is 0.0776. The van der Waals surface area contributed by atoms with Crippen molar-refractivity contribution in [1.29, 1.82) is 0 Å². The van der Waals surface area contributed by atoms with Gasteiger partial charge in [-0.2, -0.15) is 8.78 Å². The first kappa shape index (κ1) is 30.3. The van der Waals surface area contributed by atoms with E-state index in [4.69, 9.17) is 4.65 Å². The van der Waals surface area contributed by atoms with Crippen LogP contribution in [0.3, 0.4) is 0 Å². The molecule has 19 heteroatoms. The number of rotatable bonds is 3. The van der Waals surface area contributed by atoms with Gasteiger partial charge in [0, 0.05) is 32.3 Å². The normalized spacial score (nSPS) is 12.5. The lowest BCUT2D eigenvalue weighted by molar-refractivity contribution is 0.349. The van der Waals surface area contributed by atoms with Gasteiger partial charge in [-0.05, 0) is 36.4 Å². The van der Waals surface area contributed by atoms with Crippen LogP contribution in [-0.4, -0.2) is 22.1 Å². The fraction of sp³-hybridized carbons (Fsp3) is 0. The van der Waals surface area contributed by atoms with E-state index in [1.807, 2.05) is 0 Å². The molecular weight excluding hydrogens is 680 g/mol. The average Bonchev–Trinajstić information content (AvgIpc) is 3.65. The van der Waals surface area contributed by atoms with Gasteiger partial charge < -0.3 is 24.4 Å². The van der Waals surface area contributed by atoms with Crippen molar-refractivity contribution < 1.29 is 52.9 Å². The van der Waals surface area contributed by atoms with Crippen molar-refractivity contribution in [1.82, 2.24) is 14.4 Å². The van der Waals surface area contributed by atoms with E-state index in [0.717, 1.165) is 24.3 Å². The lowest BCUT2D eigenvalue weighted by Crippen LogP contribution is -2.35. The summed E-state index contributed by atoms with van der Waals surface area (Å²) in [5, 5.41) is 1.87. The van der Waals surface area contributed by atoms with Gasteiger partial charge in [-0.25, -0.2) is 49.5 Å². The predicted molar refractivity (Wildman–Crippen MR) is 151 cm³/mol. The molecule has 3 aromatic heterocycles. The molecule has 6 bridgehead atoms. The van der Waals surface area contributed by atoms with E-state index >= 15 is 0 Å². The molecule has 49 heavy (non-hydrogen) atoms. The molecule has 0 fully saturated rings. The summed E-state index contributed by atoms with van der Waals surface area (Å²) in [6, 6.07) is 4.26. The number of fused-ring (bicyclic) bond motifs is 15. The molecule has 245 valence electrons. The monoisotopic (exact) mass is 689 g/mol. The topological polar surface area (TPSA) is 82.5 Å². The number of aromatic amines is 2. The van der Waals surface area contributed by atoms with Gasteiger partial charge in [0.15, 0.2) is 40.7 Å². The highest BCUT2D eigenvalue weighted by Gasteiger charge is 2.29. The van der Waals surface area contributed by atoms with E-state index < -0.39 is 80.7 Å². The fourth-order valence-electron chi connectivity index (χ4n) is 5.51. The number of hydrogen-bond acceptors (Lipinski definition) is 4. The van der Waals surface area contributed by atoms with Crippen LogP contribution in [-0.2, 0) is 0 Å². The molecule has 1 aliphatic rings. The Morgan fingerprint density at radius 2 is 0.816 bits per heavy atom. The third-order valence-corrected chi connectivity index (χ3v) is 7.79. The van der Waals surface area contributed by atoms with Crippen LogP contribution in [0.15, 0.2) is 46.4 Å². The molecule has 1 aliphatic heterocycles. The van der Waals surface area contributed by atoms with Crippen molar-refractivity contribution >= 4 is 63.2 Å². The minimum atomic E-state index is -2.48. The van der Waals surface area contributed by atoms with Crippen molar-refractivity contribution in [3.05, 3.63) is 111 Å². The minimum absolute atomic E-state index is 0.0535. The Bertz CT molecular complexity index is 2560. The molecule has 1 radical (unpaired) electrons. The van der Waals surface area contributed by atoms with Crippen molar-refractivity contribution in [2.75, 3.05) is 5.32 Å². The Balaban J connectivity index is 1.53. The first-order chi connectivity index (χ1) is 23.3. The number of aromatic nitrogens is 3. The Kier molecular flexibility index (Phi) is 6.50. The van der Waals surface area contributed by atoms with Gasteiger partial charge in [-0.3, -0.25) is 0 Å². The molecule has 7 aromatic rings. The van der Waals surface area contributed by atoms with Gasteiger partial charge in [0.05, 0.1) is 0 Å². The van der Waals surface area contributed by atoms with Gasteiger partial charge in [-0.15, -0.1) is 0 Å². The Morgan fingerprint density at radius 1 is 0.469 bits per heavy atom. The number of nitrogens with one attached hydrogen (secondary N) is 3. The number of hydrogen-bond donors (Lipinski definition) is 3. The third kappa shape index (κ3) is 4.44. The van der Waals surface area contributed by atoms with Gasteiger partial charge in [0.25, 0.3) is 0 Å². The second kappa shape index (κ2) is 10.5. The Morgan fingerprint density at radius 3 is 1.22 bits per heavy atom. The van der Waals surface area contributed by atoms with Crippen LogP contribution in [0, 0.1) is 64.0 Å². The van der Waals surface area contributed by atoms with Crippen molar-refractivity contribution in [3.8, 4) is 5.75 Å². The maximum Gasteiger partial charge on any atom is 0.529 e. The molecule has 4 heterocycles. The van der Waals surface area contributed by atoms with Crippen LogP contribution in [0.2, 0.25) is 0 Å². The number of nitrogens with zero attached hydrogens (tertiary/aromatic N) is 3. The van der Waals surface area contributed by atoms with Crippen LogP contribution in [0.5, 0.6) is 5.75 Å². The smallest absolute Gasteiger partial charge is 0.529 e. The molecule has 4 aromatic carbocycles. The van der Waals surface area contributed by atoms with E-state index in [-0.39, 0.29) is 55.6 Å². The largest absolute Gasteiger partial charge is 0.538 e. The summed E-state index contributed by atoms with van der Waals surface area (Å²) in [6.07, 6.45) is 0. The molecule has 0 unspecified atom stereocenters. The predicted octanol–water partition coefficient (Wildman–Crippen LogP) is 7.55. The summed E-state index contributed by atoms with van der Waals surface area (Å²) >= 11 is 0. The van der Waals surface area contributed by atoms with E-state index in [1.54, 1.807) is 0 Å². The van der Waals surface area contributed by atoms with E-state index in [1.165, 1.54) is 0 Å². The van der Waals surface area contributed by atoms with Crippen LogP contribution in [0.4, 0.5) is 71.6 Å². The summed E-state index contributed by atoms with van der Waals surface area (Å²) < 4.78 is 164. The second-order valence-corrected chi connectivity index (χ2v) is 10.6. The number of anilines is 2. The number of benzene rings is 4. The fourth-order valence-corrected chi connectivity index (χ4v) is 5.51. The molecule has 3 N–H and O–H groups in total.